The molecule has 28 heavy (non-hydrogen) atoms. The molecule has 0 saturated carbocycles. The van der Waals surface area contributed by atoms with Gasteiger partial charge in [0.2, 0.25) is 0 Å². The number of carboxylic acids is 1. The number of aromatic nitrogens is 1. The Kier molecular flexibility index (Phi) is 4.91. The zero-order valence-corrected chi connectivity index (χ0v) is 18.0. The number of carbonyl (C=O) groups is 2. The van der Waals surface area contributed by atoms with Crippen molar-refractivity contribution in [2.45, 2.75) is 59.3 Å². The van der Waals surface area contributed by atoms with Crippen molar-refractivity contribution in [3.05, 3.63) is 32.7 Å². The van der Waals surface area contributed by atoms with Crippen LogP contribution in [0.3, 0.4) is 0 Å². The van der Waals surface area contributed by atoms with Crippen LogP contribution in [0.5, 0.6) is 0 Å². The molecule has 2 aliphatic carbocycles. The molecule has 2 aliphatic rings. The largest absolute Gasteiger partial charge is 0.478 e. The Balaban J connectivity index is 1.75. The van der Waals surface area contributed by atoms with E-state index in [9.17, 15) is 14.7 Å². The Hall–Kier alpha value is -1.99. The molecule has 0 saturated heterocycles. The van der Waals surface area contributed by atoms with Crippen molar-refractivity contribution in [2.24, 2.45) is 5.41 Å². The van der Waals surface area contributed by atoms with E-state index >= 15 is 0 Å². The molecule has 2 N–H and O–H groups in total. The highest BCUT2D eigenvalue weighted by Crippen LogP contribution is 2.48. The molecule has 0 aliphatic heterocycles. The lowest BCUT2D eigenvalue weighted by molar-refractivity contribution is -0.133. The van der Waals surface area contributed by atoms with Gasteiger partial charge in [-0.1, -0.05) is 13.8 Å². The summed E-state index contributed by atoms with van der Waals surface area (Å²) < 4.78 is 0. The van der Waals surface area contributed by atoms with Gasteiger partial charge in [-0.15, -0.1) is 22.7 Å². The standard InChI is InChI=1S/C21H24N2O3S2/c1-11-10-27-18(22-11)16-14-7-8-21(2,3)9-15(14)28-19(16)23-17(24)12-5-4-6-13(12)20(25)26/h10H,4-9H2,1-3H3,(H,23,24)(H,25,26). The number of nitrogens with zero attached hydrogens (tertiary/aromatic N) is 1. The summed E-state index contributed by atoms with van der Waals surface area (Å²) in [5.41, 5.74) is 4.23. The van der Waals surface area contributed by atoms with Gasteiger partial charge in [0.25, 0.3) is 5.91 Å². The number of thiazole rings is 1. The number of nitrogens with one attached hydrogen (secondary N) is 1. The number of aryl methyl sites for hydroxylation is 1. The van der Waals surface area contributed by atoms with Gasteiger partial charge in [-0.2, -0.15) is 0 Å². The summed E-state index contributed by atoms with van der Waals surface area (Å²) in [7, 11) is 0. The number of hydrogen-bond donors (Lipinski definition) is 2. The number of thiophene rings is 1. The number of anilines is 1. The third-order valence-corrected chi connectivity index (χ3v) is 7.72. The maximum atomic E-state index is 12.9. The summed E-state index contributed by atoms with van der Waals surface area (Å²) in [5, 5.41) is 16.2. The van der Waals surface area contributed by atoms with Gasteiger partial charge < -0.3 is 10.4 Å². The number of carboxylic acid groups (broad SMARTS) is 1. The summed E-state index contributed by atoms with van der Waals surface area (Å²) >= 11 is 3.23. The van der Waals surface area contributed by atoms with Crippen LogP contribution < -0.4 is 5.32 Å². The molecule has 2 aromatic heterocycles. The Bertz CT molecular complexity index is 997. The zero-order valence-electron chi connectivity index (χ0n) is 16.3. The minimum atomic E-state index is -0.981. The number of hydrogen-bond acceptors (Lipinski definition) is 5. The zero-order chi connectivity index (χ0) is 20.1. The molecule has 0 bridgehead atoms. The predicted molar refractivity (Wildman–Crippen MR) is 113 cm³/mol. The molecule has 2 aromatic rings. The summed E-state index contributed by atoms with van der Waals surface area (Å²) in [5.74, 6) is -1.26. The van der Waals surface area contributed by atoms with Gasteiger partial charge in [-0.3, -0.25) is 4.79 Å². The minimum absolute atomic E-state index is 0.250. The van der Waals surface area contributed by atoms with Gasteiger partial charge in [0.15, 0.2) is 0 Å². The Morgan fingerprint density at radius 2 is 1.96 bits per heavy atom. The number of fused-ring (bicyclic) bond motifs is 1. The number of amides is 1. The van der Waals surface area contributed by atoms with Crippen molar-refractivity contribution < 1.29 is 14.7 Å². The first-order chi connectivity index (χ1) is 13.2. The van der Waals surface area contributed by atoms with E-state index in [0.29, 0.717) is 18.4 Å². The first-order valence-corrected chi connectivity index (χ1v) is 11.3. The molecule has 7 heteroatoms. The van der Waals surface area contributed by atoms with Crippen LogP contribution in [0.25, 0.3) is 10.6 Å². The lowest BCUT2D eigenvalue weighted by Gasteiger charge is -2.29. The van der Waals surface area contributed by atoms with Crippen LogP contribution in [-0.4, -0.2) is 22.0 Å². The number of rotatable bonds is 4. The van der Waals surface area contributed by atoms with Crippen LogP contribution >= 0.6 is 22.7 Å². The second-order valence-electron chi connectivity index (χ2n) is 8.41. The average Bonchev–Trinajstić information content (AvgIpc) is 3.31. The van der Waals surface area contributed by atoms with Crippen molar-refractivity contribution in [1.29, 1.82) is 0 Å². The third kappa shape index (κ3) is 3.53. The second-order valence-corrected chi connectivity index (χ2v) is 10.4. The molecule has 5 nitrogen and oxygen atoms in total. The Morgan fingerprint density at radius 1 is 1.21 bits per heavy atom. The molecule has 4 rings (SSSR count). The van der Waals surface area contributed by atoms with E-state index in [1.54, 1.807) is 22.7 Å². The van der Waals surface area contributed by atoms with Gasteiger partial charge in [-0.25, -0.2) is 9.78 Å². The molecular weight excluding hydrogens is 392 g/mol. The van der Waals surface area contributed by atoms with E-state index in [4.69, 9.17) is 0 Å². The van der Waals surface area contributed by atoms with Crippen molar-refractivity contribution in [1.82, 2.24) is 4.98 Å². The van der Waals surface area contributed by atoms with Gasteiger partial charge in [-0.05, 0) is 56.4 Å². The summed E-state index contributed by atoms with van der Waals surface area (Å²) in [6, 6.07) is 0. The van der Waals surface area contributed by atoms with Crippen LogP contribution in [0.15, 0.2) is 16.5 Å². The van der Waals surface area contributed by atoms with Crippen molar-refractivity contribution >= 4 is 39.6 Å². The average molecular weight is 417 g/mol. The van der Waals surface area contributed by atoms with E-state index in [0.717, 1.165) is 46.9 Å². The van der Waals surface area contributed by atoms with E-state index in [1.807, 2.05) is 12.3 Å². The number of carbonyl (C=O) groups excluding carboxylic acids is 1. The molecule has 2 heterocycles. The smallest absolute Gasteiger partial charge is 0.332 e. The topological polar surface area (TPSA) is 79.3 Å². The SMILES string of the molecule is Cc1csc(-c2c(NC(=O)C3=C(C(=O)O)CCC3)sc3c2CCC(C)(C)C3)n1. The second kappa shape index (κ2) is 7.12. The predicted octanol–water partition coefficient (Wildman–Crippen LogP) is 5.20. The van der Waals surface area contributed by atoms with Crippen LogP contribution in [0, 0.1) is 12.3 Å². The van der Waals surface area contributed by atoms with Crippen molar-refractivity contribution in [3.63, 3.8) is 0 Å². The molecule has 0 fully saturated rings. The fraction of sp³-hybridized carbons (Fsp3) is 0.476. The summed E-state index contributed by atoms with van der Waals surface area (Å²) in [4.78, 5) is 30.4. The molecular formula is C21H24N2O3S2. The van der Waals surface area contributed by atoms with E-state index in [-0.39, 0.29) is 16.9 Å². The lowest BCUT2D eigenvalue weighted by atomic mass is 9.77. The Labute approximate surface area is 172 Å². The lowest BCUT2D eigenvalue weighted by Crippen LogP contribution is -2.20. The highest BCUT2D eigenvalue weighted by molar-refractivity contribution is 7.18. The minimum Gasteiger partial charge on any atom is -0.478 e. The third-order valence-electron chi connectivity index (χ3n) is 5.59. The maximum Gasteiger partial charge on any atom is 0.332 e. The molecule has 1 amide bonds. The highest BCUT2D eigenvalue weighted by atomic mass is 32.1. The van der Waals surface area contributed by atoms with E-state index in [2.05, 4.69) is 24.1 Å². The highest BCUT2D eigenvalue weighted by Gasteiger charge is 2.33. The molecule has 148 valence electrons. The Morgan fingerprint density at radius 3 is 2.64 bits per heavy atom. The molecule has 0 unspecified atom stereocenters. The van der Waals surface area contributed by atoms with Gasteiger partial charge in [0, 0.05) is 32.7 Å². The van der Waals surface area contributed by atoms with E-state index < -0.39 is 5.97 Å². The van der Waals surface area contributed by atoms with Gasteiger partial charge in [0.05, 0.1) is 0 Å². The number of aliphatic carboxylic acids is 1. The van der Waals surface area contributed by atoms with Gasteiger partial charge >= 0.3 is 5.97 Å². The van der Waals surface area contributed by atoms with Crippen LogP contribution in [0.2, 0.25) is 0 Å². The molecule has 0 spiro atoms. The first-order valence-electron chi connectivity index (χ1n) is 9.59. The van der Waals surface area contributed by atoms with Gasteiger partial charge in [0.1, 0.15) is 10.0 Å². The molecule has 0 aromatic carbocycles. The summed E-state index contributed by atoms with van der Waals surface area (Å²) in [6.45, 7) is 6.54. The fourth-order valence-electron chi connectivity index (χ4n) is 4.10. The fourth-order valence-corrected chi connectivity index (χ4v) is 6.54. The van der Waals surface area contributed by atoms with Crippen molar-refractivity contribution in [3.8, 4) is 10.6 Å². The van der Waals surface area contributed by atoms with Crippen molar-refractivity contribution in [2.75, 3.05) is 5.32 Å². The normalized spacial score (nSPS) is 18.2. The van der Waals surface area contributed by atoms with E-state index in [1.165, 1.54) is 10.4 Å². The molecule has 0 radical (unpaired) electrons. The van der Waals surface area contributed by atoms with Crippen LogP contribution in [-0.2, 0) is 22.4 Å². The molecule has 0 atom stereocenters. The maximum absolute atomic E-state index is 12.9. The first kappa shape index (κ1) is 19.3. The van der Waals surface area contributed by atoms with Crippen LogP contribution in [0.4, 0.5) is 5.00 Å². The quantitative estimate of drug-likeness (QED) is 0.718. The monoisotopic (exact) mass is 416 g/mol. The summed E-state index contributed by atoms with van der Waals surface area (Å²) in [6.07, 6.45) is 4.78. The van der Waals surface area contributed by atoms with Crippen LogP contribution in [0.1, 0.15) is 55.7 Å².